The number of halogens is 3. The van der Waals surface area contributed by atoms with Crippen molar-refractivity contribution in [2.45, 2.75) is 19.1 Å². The molecule has 0 aliphatic carbocycles. The molecule has 114 valence electrons. The molecule has 1 unspecified atom stereocenters. The number of aromatic nitrogens is 2. The first kappa shape index (κ1) is 15.7. The number of hydrogen-bond donors (Lipinski definition) is 2. The van der Waals surface area contributed by atoms with Crippen molar-refractivity contribution in [3.63, 3.8) is 0 Å². The molecule has 2 rings (SSSR count). The standard InChI is InChI=1S/C13H15F3N4S/c1-9(10-3-2-8-21-10)17-6-7-19-12-18-5-4-11(20-12)13(14,15)16/h2-5,8-9,17H,6-7H2,1H3,(H,18,19,20). The Morgan fingerprint density at radius 2 is 2.10 bits per heavy atom. The van der Waals surface area contributed by atoms with E-state index in [1.54, 1.807) is 11.3 Å². The summed E-state index contributed by atoms with van der Waals surface area (Å²) in [5.74, 6) is -0.0181. The second kappa shape index (κ2) is 6.86. The summed E-state index contributed by atoms with van der Waals surface area (Å²) in [4.78, 5) is 8.42. The molecule has 2 N–H and O–H groups in total. The molecule has 0 aromatic carbocycles. The summed E-state index contributed by atoms with van der Waals surface area (Å²) in [5, 5.41) is 8.05. The molecule has 0 spiro atoms. The van der Waals surface area contributed by atoms with E-state index in [0.717, 1.165) is 12.3 Å². The fourth-order valence-electron chi connectivity index (χ4n) is 1.70. The Balaban J connectivity index is 1.79. The number of alkyl halides is 3. The maximum absolute atomic E-state index is 12.5. The lowest BCUT2D eigenvalue weighted by Crippen LogP contribution is -2.25. The van der Waals surface area contributed by atoms with Gasteiger partial charge in [0.1, 0.15) is 5.69 Å². The van der Waals surface area contributed by atoms with Crippen molar-refractivity contribution in [1.29, 1.82) is 0 Å². The molecule has 0 aliphatic rings. The molecule has 0 radical (unpaired) electrons. The van der Waals surface area contributed by atoms with Crippen molar-refractivity contribution in [2.24, 2.45) is 0 Å². The summed E-state index contributed by atoms with van der Waals surface area (Å²) in [6.07, 6.45) is -3.36. The highest BCUT2D eigenvalue weighted by Crippen LogP contribution is 2.27. The van der Waals surface area contributed by atoms with Crippen LogP contribution in [0.3, 0.4) is 0 Å². The van der Waals surface area contributed by atoms with Crippen LogP contribution in [-0.4, -0.2) is 23.1 Å². The number of anilines is 1. The number of rotatable bonds is 6. The summed E-state index contributed by atoms with van der Waals surface area (Å²) in [6, 6.07) is 5.06. The zero-order chi connectivity index (χ0) is 15.3. The SMILES string of the molecule is CC(NCCNc1nccc(C(F)(F)F)n1)c1cccs1. The molecule has 1 atom stereocenters. The van der Waals surface area contributed by atoms with Gasteiger partial charge < -0.3 is 10.6 Å². The number of nitrogens with one attached hydrogen (secondary N) is 2. The van der Waals surface area contributed by atoms with Crippen LogP contribution >= 0.6 is 11.3 Å². The molecule has 0 aliphatic heterocycles. The first-order valence-electron chi connectivity index (χ1n) is 6.37. The Hall–Kier alpha value is -1.67. The summed E-state index contributed by atoms with van der Waals surface area (Å²) in [5.41, 5.74) is -0.945. The zero-order valence-electron chi connectivity index (χ0n) is 11.3. The van der Waals surface area contributed by atoms with Crippen molar-refractivity contribution in [3.05, 3.63) is 40.3 Å². The topological polar surface area (TPSA) is 49.8 Å². The molecule has 0 bridgehead atoms. The van der Waals surface area contributed by atoms with Crippen LogP contribution in [0.1, 0.15) is 23.5 Å². The van der Waals surface area contributed by atoms with E-state index in [4.69, 9.17) is 0 Å². The summed E-state index contributed by atoms with van der Waals surface area (Å²) in [6.45, 7) is 3.07. The second-order valence-electron chi connectivity index (χ2n) is 4.38. The molecule has 0 saturated heterocycles. The summed E-state index contributed by atoms with van der Waals surface area (Å²) in [7, 11) is 0. The fourth-order valence-corrected chi connectivity index (χ4v) is 2.46. The monoisotopic (exact) mass is 316 g/mol. The average Bonchev–Trinajstić information content (AvgIpc) is 2.97. The van der Waals surface area contributed by atoms with Gasteiger partial charge in [0.05, 0.1) is 0 Å². The van der Waals surface area contributed by atoms with E-state index in [9.17, 15) is 13.2 Å². The summed E-state index contributed by atoms with van der Waals surface area (Å²) < 4.78 is 37.5. The molecule has 4 nitrogen and oxygen atoms in total. The van der Waals surface area contributed by atoms with Crippen LogP contribution in [0.25, 0.3) is 0 Å². The molecule has 2 aromatic rings. The molecule has 8 heteroatoms. The van der Waals surface area contributed by atoms with E-state index in [2.05, 4.69) is 20.6 Å². The first-order valence-corrected chi connectivity index (χ1v) is 7.25. The molecule has 2 heterocycles. The van der Waals surface area contributed by atoms with Gasteiger partial charge in [-0.25, -0.2) is 9.97 Å². The van der Waals surface area contributed by atoms with Gasteiger partial charge >= 0.3 is 6.18 Å². The van der Waals surface area contributed by atoms with Crippen LogP contribution in [-0.2, 0) is 6.18 Å². The van der Waals surface area contributed by atoms with E-state index in [-0.39, 0.29) is 12.0 Å². The lowest BCUT2D eigenvalue weighted by molar-refractivity contribution is -0.141. The first-order chi connectivity index (χ1) is 9.97. The van der Waals surface area contributed by atoms with Gasteiger partial charge in [0.2, 0.25) is 5.95 Å². The minimum Gasteiger partial charge on any atom is -0.353 e. The lowest BCUT2D eigenvalue weighted by Gasteiger charge is -2.13. The minimum atomic E-state index is -4.45. The third-order valence-corrected chi connectivity index (χ3v) is 3.83. The average molecular weight is 316 g/mol. The molecule has 2 aromatic heterocycles. The summed E-state index contributed by atoms with van der Waals surface area (Å²) >= 11 is 1.66. The fraction of sp³-hybridized carbons (Fsp3) is 0.385. The van der Waals surface area contributed by atoms with Gasteiger partial charge in [-0.3, -0.25) is 0 Å². The van der Waals surface area contributed by atoms with Crippen LogP contribution in [0.5, 0.6) is 0 Å². The van der Waals surface area contributed by atoms with E-state index in [0.29, 0.717) is 13.1 Å². The maximum Gasteiger partial charge on any atom is 0.433 e. The van der Waals surface area contributed by atoms with Gasteiger partial charge in [-0.2, -0.15) is 13.2 Å². The van der Waals surface area contributed by atoms with Crippen molar-refractivity contribution in [2.75, 3.05) is 18.4 Å². The van der Waals surface area contributed by atoms with E-state index >= 15 is 0 Å². The van der Waals surface area contributed by atoms with E-state index in [1.165, 1.54) is 4.88 Å². The van der Waals surface area contributed by atoms with Crippen LogP contribution in [0.2, 0.25) is 0 Å². The smallest absolute Gasteiger partial charge is 0.353 e. The highest BCUT2D eigenvalue weighted by molar-refractivity contribution is 7.10. The van der Waals surface area contributed by atoms with Crippen molar-refractivity contribution >= 4 is 17.3 Å². The lowest BCUT2D eigenvalue weighted by atomic mass is 10.3. The largest absolute Gasteiger partial charge is 0.433 e. The molecular weight excluding hydrogens is 301 g/mol. The van der Waals surface area contributed by atoms with Gasteiger partial charge in [0.15, 0.2) is 0 Å². The van der Waals surface area contributed by atoms with Gasteiger partial charge in [0, 0.05) is 30.2 Å². The minimum absolute atomic E-state index is 0.0181. The van der Waals surface area contributed by atoms with E-state index < -0.39 is 11.9 Å². The highest BCUT2D eigenvalue weighted by Gasteiger charge is 2.32. The van der Waals surface area contributed by atoms with Crippen LogP contribution in [0, 0.1) is 0 Å². The van der Waals surface area contributed by atoms with Crippen molar-refractivity contribution in [3.8, 4) is 0 Å². The Labute approximate surface area is 124 Å². The third kappa shape index (κ3) is 4.68. The van der Waals surface area contributed by atoms with Crippen LogP contribution in [0.4, 0.5) is 19.1 Å². The maximum atomic E-state index is 12.5. The molecule has 21 heavy (non-hydrogen) atoms. The Kier molecular flexibility index (Phi) is 5.13. The predicted octanol–water partition coefficient (Wildman–Crippen LogP) is 3.32. The predicted molar refractivity (Wildman–Crippen MR) is 76.3 cm³/mol. The Bertz CT molecular complexity index is 557. The molecule has 0 fully saturated rings. The van der Waals surface area contributed by atoms with Crippen molar-refractivity contribution < 1.29 is 13.2 Å². The number of thiophene rings is 1. The van der Waals surface area contributed by atoms with Gasteiger partial charge in [-0.15, -0.1) is 11.3 Å². The van der Waals surface area contributed by atoms with Gasteiger partial charge in [0.25, 0.3) is 0 Å². The Morgan fingerprint density at radius 1 is 1.29 bits per heavy atom. The van der Waals surface area contributed by atoms with E-state index in [1.807, 2.05) is 24.4 Å². The normalized spacial score (nSPS) is 13.1. The number of hydrogen-bond acceptors (Lipinski definition) is 5. The number of nitrogens with zero attached hydrogens (tertiary/aromatic N) is 2. The third-order valence-electron chi connectivity index (χ3n) is 2.77. The Morgan fingerprint density at radius 3 is 2.76 bits per heavy atom. The van der Waals surface area contributed by atoms with Gasteiger partial charge in [-0.1, -0.05) is 6.07 Å². The van der Waals surface area contributed by atoms with Crippen LogP contribution < -0.4 is 10.6 Å². The highest BCUT2D eigenvalue weighted by atomic mass is 32.1. The van der Waals surface area contributed by atoms with Gasteiger partial charge in [-0.05, 0) is 24.4 Å². The van der Waals surface area contributed by atoms with Crippen LogP contribution in [0.15, 0.2) is 29.8 Å². The molecule has 0 amide bonds. The quantitative estimate of drug-likeness (QED) is 0.803. The zero-order valence-corrected chi connectivity index (χ0v) is 12.1. The molecular formula is C13H15F3N4S. The second-order valence-corrected chi connectivity index (χ2v) is 5.36. The molecule has 0 saturated carbocycles. The van der Waals surface area contributed by atoms with Crippen molar-refractivity contribution in [1.82, 2.24) is 15.3 Å².